The van der Waals surface area contributed by atoms with Crippen LogP contribution in [-0.2, 0) is 11.3 Å². The first-order valence-electron chi connectivity index (χ1n) is 9.81. The summed E-state index contributed by atoms with van der Waals surface area (Å²) in [5.41, 5.74) is 8.03. The Morgan fingerprint density at radius 2 is 2.13 bits per heavy atom. The number of carbonyl (C=O) groups is 1. The fourth-order valence-corrected chi connectivity index (χ4v) is 2.98. The number of nitrogens with two attached hydrogens (primary N) is 1. The number of aromatic nitrogens is 4. The number of nitrogens with one attached hydrogen (secondary N) is 2. The minimum Gasteiger partial charge on any atom is -0.463 e. The number of nitrogen functional groups attached to an aromatic ring is 1. The lowest BCUT2D eigenvalue weighted by Crippen LogP contribution is -2.22. The smallest absolute Gasteiger partial charge is 0.327 e. The standard InChI is InChI=1S/C20H26N6O4/c1-4-5-11-29-19-24-17(21)16-18(25-19)26(20(28)23-16)10-9-22-14-7-6-8-15(12(14)2)30-13(3)27/h6-8,22H,4-5,9-11H2,1-3H3,(H,23,28)(H2,21,24,25). The molecule has 0 saturated carbocycles. The maximum absolute atomic E-state index is 12.4. The van der Waals surface area contributed by atoms with Crippen LogP contribution in [0.15, 0.2) is 23.0 Å². The third kappa shape index (κ3) is 4.70. The molecule has 160 valence electrons. The van der Waals surface area contributed by atoms with Crippen molar-refractivity contribution in [3.8, 4) is 11.8 Å². The summed E-state index contributed by atoms with van der Waals surface area (Å²) in [7, 11) is 0. The zero-order valence-electron chi connectivity index (χ0n) is 17.3. The maximum atomic E-state index is 12.4. The minimum absolute atomic E-state index is 0.152. The Hall–Kier alpha value is -3.56. The van der Waals surface area contributed by atoms with Crippen molar-refractivity contribution in [1.82, 2.24) is 19.5 Å². The molecule has 3 aromatic rings. The van der Waals surface area contributed by atoms with Crippen LogP contribution in [0.2, 0.25) is 0 Å². The number of hydrogen-bond donors (Lipinski definition) is 3. The quantitative estimate of drug-likeness (QED) is 0.275. The van der Waals surface area contributed by atoms with E-state index in [0.29, 0.717) is 36.6 Å². The molecule has 0 radical (unpaired) electrons. The largest absolute Gasteiger partial charge is 0.463 e. The third-order valence-electron chi connectivity index (χ3n) is 4.55. The van der Waals surface area contributed by atoms with Crippen molar-refractivity contribution in [2.75, 3.05) is 24.2 Å². The first-order chi connectivity index (χ1) is 14.4. The Labute approximate surface area is 173 Å². The lowest BCUT2D eigenvalue weighted by atomic mass is 10.2. The van der Waals surface area contributed by atoms with Gasteiger partial charge in [0, 0.05) is 31.3 Å². The second kappa shape index (κ2) is 9.29. The van der Waals surface area contributed by atoms with Gasteiger partial charge in [-0.2, -0.15) is 9.97 Å². The number of rotatable bonds is 9. The molecule has 0 spiro atoms. The first-order valence-corrected chi connectivity index (χ1v) is 9.81. The van der Waals surface area contributed by atoms with Crippen molar-refractivity contribution < 1.29 is 14.3 Å². The van der Waals surface area contributed by atoms with Gasteiger partial charge in [0.15, 0.2) is 11.5 Å². The van der Waals surface area contributed by atoms with Crippen molar-refractivity contribution in [3.05, 3.63) is 34.2 Å². The molecule has 0 atom stereocenters. The van der Waals surface area contributed by atoms with Crippen LogP contribution >= 0.6 is 0 Å². The van der Waals surface area contributed by atoms with Crippen LogP contribution in [0.25, 0.3) is 11.2 Å². The van der Waals surface area contributed by atoms with Crippen molar-refractivity contribution in [2.24, 2.45) is 0 Å². The van der Waals surface area contributed by atoms with Gasteiger partial charge in [0.2, 0.25) is 0 Å². The third-order valence-corrected chi connectivity index (χ3v) is 4.55. The summed E-state index contributed by atoms with van der Waals surface area (Å²) in [6, 6.07) is 5.55. The van der Waals surface area contributed by atoms with Gasteiger partial charge in [-0.25, -0.2) is 4.79 Å². The summed E-state index contributed by atoms with van der Waals surface area (Å²) in [5.74, 6) is 0.279. The number of nitrogens with zero attached hydrogens (tertiary/aromatic N) is 3. The lowest BCUT2D eigenvalue weighted by Gasteiger charge is -2.13. The molecular weight excluding hydrogens is 388 g/mol. The Morgan fingerprint density at radius 1 is 1.33 bits per heavy atom. The van der Waals surface area contributed by atoms with E-state index in [1.54, 1.807) is 12.1 Å². The van der Waals surface area contributed by atoms with Crippen molar-refractivity contribution in [3.63, 3.8) is 0 Å². The van der Waals surface area contributed by atoms with Crippen LogP contribution in [0.5, 0.6) is 11.8 Å². The number of unbranched alkanes of at least 4 members (excludes halogenated alkanes) is 1. The number of H-pyrrole nitrogens is 1. The molecule has 0 amide bonds. The molecule has 0 bridgehead atoms. The average molecular weight is 414 g/mol. The van der Waals surface area contributed by atoms with Crippen molar-refractivity contribution >= 4 is 28.6 Å². The summed E-state index contributed by atoms with van der Waals surface area (Å²) in [6.07, 6.45) is 1.85. The summed E-state index contributed by atoms with van der Waals surface area (Å²) in [6.45, 7) is 6.52. The highest BCUT2D eigenvalue weighted by Crippen LogP contribution is 2.25. The maximum Gasteiger partial charge on any atom is 0.327 e. The minimum atomic E-state index is -0.380. The van der Waals surface area contributed by atoms with Gasteiger partial charge in [-0.05, 0) is 25.5 Å². The van der Waals surface area contributed by atoms with E-state index < -0.39 is 0 Å². The van der Waals surface area contributed by atoms with E-state index in [2.05, 4.69) is 27.2 Å². The van der Waals surface area contributed by atoms with Gasteiger partial charge in [0.25, 0.3) is 0 Å². The molecule has 0 fully saturated rings. The summed E-state index contributed by atoms with van der Waals surface area (Å²) in [4.78, 5) is 34.8. The molecule has 3 rings (SSSR count). The van der Waals surface area contributed by atoms with E-state index in [-0.39, 0.29) is 23.5 Å². The van der Waals surface area contributed by atoms with Gasteiger partial charge in [-0.3, -0.25) is 9.36 Å². The molecule has 4 N–H and O–H groups in total. The second-order valence-corrected chi connectivity index (χ2v) is 6.82. The normalized spacial score (nSPS) is 10.9. The fraction of sp³-hybridized carbons (Fsp3) is 0.400. The van der Waals surface area contributed by atoms with E-state index in [0.717, 1.165) is 24.1 Å². The Kier molecular flexibility index (Phi) is 6.55. The summed E-state index contributed by atoms with van der Waals surface area (Å²) >= 11 is 0. The molecule has 0 aliphatic carbocycles. The molecule has 30 heavy (non-hydrogen) atoms. The molecular formula is C20H26N6O4. The zero-order chi connectivity index (χ0) is 21.7. The highest BCUT2D eigenvalue weighted by Gasteiger charge is 2.15. The van der Waals surface area contributed by atoms with Crippen molar-refractivity contribution in [2.45, 2.75) is 40.2 Å². The lowest BCUT2D eigenvalue weighted by molar-refractivity contribution is -0.131. The highest BCUT2D eigenvalue weighted by atomic mass is 16.5. The number of aromatic amines is 1. The molecule has 1 aromatic carbocycles. The van der Waals surface area contributed by atoms with Crippen LogP contribution in [0.3, 0.4) is 0 Å². The first kappa shape index (κ1) is 21.2. The van der Waals surface area contributed by atoms with E-state index in [1.165, 1.54) is 11.5 Å². The Balaban J connectivity index is 1.77. The predicted molar refractivity (Wildman–Crippen MR) is 114 cm³/mol. The van der Waals surface area contributed by atoms with E-state index in [4.69, 9.17) is 15.2 Å². The molecule has 0 aliphatic heterocycles. The van der Waals surface area contributed by atoms with Crippen LogP contribution < -0.4 is 26.2 Å². The van der Waals surface area contributed by atoms with Gasteiger partial charge < -0.3 is 25.5 Å². The molecule has 0 saturated heterocycles. The second-order valence-electron chi connectivity index (χ2n) is 6.82. The Bertz CT molecular complexity index is 1100. The summed E-state index contributed by atoms with van der Waals surface area (Å²) < 4.78 is 12.2. The number of ether oxygens (including phenoxy) is 2. The number of imidazole rings is 1. The monoisotopic (exact) mass is 414 g/mol. The van der Waals surface area contributed by atoms with Gasteiger partial charge in [-0.1, -0.05) is 19.4 Å². The van der Waals surface area contributed by atoms with Gasteiger partial charge in [0.05, 0.1) is 6.61 Å². The van der Waals surface area contributed by atoms with E-state index >= 15 is 0 Å². The number of benzene rings is 1. The van der Waals surface area contributed by atoms with Gasteiger partial charge in [-0.15, -0.1) is 0 Å². The molecule has 2 aromatic heterocycles. The van der Waals surface area contributed by atoms with Crippen LogP contribution in [0, 0.1) is 6.92 Å². The molecule has 2 heterocycles. The van der Waals surface area contributed by atoms with Gasteiger partial charge in [0.1, 0.15) is 11.3 Å². The molecule has 0 unspecified atom stereocenters. The van der Waals surface area contributed by atoms with Crippen LogP contribution in [-0.4, -0.2) is 38.6 Å². The highest BCUT2D eigenvalue weighted by molar-refractivity contribution is 5.81. The zero-order valence-corrected chi connectivity index (χ0v) is 17.3. The average Bonchev–Trinajstić information content (AvgIpc) is 3.01. The fourth-order valence-electron chi connectivity index (χ4n) is 2.98. The van der Waals surface area contributed by atoms with Crippen LogP contribution in [0.4, 0.5) is 11.5 Å². The number of carbonyl (C=O) groups excluding carboxylic acids is 1. The summed E-state index contributed by atoms with van der Waals surface area (Å²) in [5, 5.41) is 3.26. The molecule has 0 aliphatic rings. The topological polar surface area (TPSA) is 137 Å². The number of anilines is 2. The Morgan fingerprint density at radius 3 is 2.87 bits per heavy atom. The predicted octanol–water partition coefficient (Wildman–Crippen LogP) is 2.23. The van der Waals surface area contributed by atoms with E-state index in [1.807, 2.05) is 13.0 Å². The number of esters is 1. The van der Waals surface area contributed by atoms with Crippen LogP contribution in [0.1, 0.15) is 32.3 Å². The number of fused-ring (bicyclic) bond motifs is 1. The molecule has 10 heteroatoms. The van der Waals surface area contributed by atoms with Crippen molar-refractivity contribution in [1.29, 1.82) is 0 Å². The van der Waals surface area contributed by atoms with E-state index in [9.17, 15) is 9.59 Å². The number of hydrogen-bond acceptors (Lipinski definition) is 8. The molecule has 10 nitrogen and oxygen atoms in total. The SMILES string of the molecule is CCCCOc1nc(N)c2[nH]c(=O)n(CCNc3cccc(OC(C)=O)c3C)c2n1. The van der Waals surface area contributed by atoms with Gasteiger partial charge >= 0.3 is 17.7 Å².